The van der Waals surface area contributed by atoms with E-state index < -0.39 is 0 Å². The van der Waals surface area contributed by atoms with Crippen molar-refractivity contribution >= 4 is 0 Å². The van der Waals surface area contributed by atoms with E-state index >= 15 is 0 Å². The zero-order chi connectivity index (χ0) is 9.14. The predicted molar refractivity (Wildman–Crippen MR) is 51.1 cm³/mol. The highest BCUT2D eigenvalue weighted by Crippen LogP contribution is 2.27. The Morgan fingerprint density at radius 2 is 2.08 bits per heavy atom. The van der Waals surface area contributed by atoms with Gasteiger partial charge in [-0.2, -0.15) is 0 Å². The smallest absolute Gasteiger partial charge is 0.0555 e. The van der Waals surface area contributed by atoms with Crippen molar-refractivity contribution in [2.45, 2.75) is 45.3 Å². The summed E-state index contributed by atoms with van der Waals surface area (Å²) >= 11 is 0. The maximum Gasteiger partial charge on any atom is 0.0555 e. The van der Waals surface area contributed by atoms with E-state index in [1.807, 2.05) is 0 Å². The Morgan fingerprint density at radius 1 is 1.42 bits per heavy atom. The molecule has 1 saturated carbocycles. The van der Waals surface area contributed by atoms with E-state index in [-0.39, 0.29) is 6.10 Å². The van der Waals surface area contributed by atoms with Crippen LogP contribution in [0.3, 0.4) is 0 Å². The Bertz CT molecular complexity index is 134. The first-order valence-corrected chi connectivity index (χ1v) is 5.03. The zero-order valence-corrected chi connectivity index (χ0v) is 8.45. The van der Waals surface area contributed by atoms with E-state index in [1.165, 1.54) is 6.42 Å². The average Bonchev–Trinajstić information content (AvgIpc) is 2.08. The summed E-state index contributed by atoms with van der Waals surface area (Å²) in [6.45, 7) is 5.55. The molecule has 72 valence electrons. The van der Waals surface area contributed by atoms with Crippen LogP contribution in [-0.2, 0) is 0 Å². The summed E-state index contributed by atoms with van der Waals surface area (Å²) in [4.78, 5) is 2.35. The van der Waals surface area contributed by atoms with Crippen molar-refractivity contribution in [2.24, 2.45) is 5.92 Å². The number of aliphatic hydroxyl groups is 1. The van der Waals surface area contributed by atoms with Crippen LogP contribution in [-0.4, -0.2) is 35.7 Å². The Morgan fingerprint density at radius 3 is 2.67 bits per heavy atom. The van der Waals surface area contributed by atoms with Crippen LogP contribution in [0.4, 0.5) is 0 Å². The molecule has 12 heavy (non-hydrogen) atoms. The summed E-state index contributed by atoms with van der Waals surface area (Å²) in [6, 6.07) is 0.596. The Labute approximate surface area is 75.6 Å². The topological polar surface area (TPSA) is 23.5 Å². The first-order valence-electron chi connectivity index (χ1n) is 5.03. The molecule has 2 heteroatoms. The molecule has 0 aromatic heterocycles. The molecule has 1 fully saturated rings. The summed E-state index contributed by atoms with van der Waals surface area (Å²) in [5.74, 6) is 0.748. The van der Waals surface area contributed by atoms with E-state index in [1.54, 1.807) is 0 Å². The second-order valence-electron chi connectivity index (χ2n) is 4.08. The lowest BCUT2D eigenvalue weighted by atomic mass is 9.83. The van der Waals surface area contributed by atoms with Gasteiger partial charge in [-0.05, 0) is 38.8 Å². The molecule has 2 nitrogen and oxygen atoms in total. The molecule has 0 aromatic rings. The van der Waals surface area contributed by atoms with Crippen molar-refractivity contribution in [3.05, 3.63) is 0 Å². The summed E-state index contributed by atoms with van der Waals surface area (Å²) in [7, 11) is 2.15. The van der Waals surface area contributed by atoms with Gasteiger partial charge in [0.1, 0.15) is 0 Å². The van der Waals surface area contributed by atoms with Crippen LogP contribution in [0, 0.1) is 5.92 Å². The van der Waals surface area contributed by atoms with Gasteiger partial charge in [-0.15, -0.1) is 0 Å². The van der Waals surface area contributed by atoms with Gasteiger partial charge in [0.15, 0.2) is 0 Å². The highest BCUT2D eigenvalue weighted by molar-refractivity contribution is 4.82. The Kier molecular flexibility index (Phi) is 3.53. The van der Waals surface area contributed by atoms with E-state index in [4.69, 9.17) is 0 Å². The molecule has 3 unspecified atom stereocenters. The highest BCUT2D eigenvalue weighted by Gasteiger charge is 2.28. The van der Waals surface area contributed by atoms with Crippen LogP contribution in [0.25, 0.3) is 0 Å². The number of aliphatic hydroxyl groups excluding tert-OH is 1. The zero-order valence-electron chi connectivity index (χ0n) is 8.45. The third-order valence-corrected chi connectivity index (χ3v) is 3.19. The van der Waals surface area contributed by atoms with Crippen LogP contribution in [0.5, 0.6) is 0 Å². The van der Waals surface area contributed by atoms with E-state index in [0.717, 1.165) is 25.3 Å². The molecular weight excluding hydrogens is 150 g/mol. The second-order valence-corrected chi connectivity index (χ2v) is 4.08. The van der Waals surface area contributed by atoms with Gasteiger partial charge in [0.25, 0.3) is 0 Å². The lowest BCUT2D eigenvalue weighted by Crippen LogP contribution is -2.42. The summed E-state index contributed by atoms with van der Waals surface area (Å²) in [5, 5.41) is 9.52. The molecule has 1 aliphatic rings. The van der Waals surface area contributed by atoms with Gasteiger partial charge in [-0.3, -0.25) is 0 Å². The highest BCUT2D eigenvalue weighted by atomic mass is 16.3. The largest absolute Gasteiger partial charge is 0.393 e. The lowest BCUT2D eigenvalue weighted by Gasteiger charge is -2.37. The fraction of sp³-hybridized carbons (Fsp3) is 1.00. The molecule has 0 saturated heterocycles. The molecule has 0 aromatic carbocycles. The maximum atomic E-state index is 9.52. The molecule has 3 atom stereocenters. The van der Waals surface area contributed by atoms with Crippen molar-refractivity contribution in [3.8, 4) is 0 Å². The van der Waals surface area contributed by atoms with Crippen molar-refractivity contribution in [1.82, 2.24) is 4.90 Å². The van der Waals surface area contributed by atoms with Gasteiger partial charge < -0.3 is 10.0 Å². The Hall–Kier alpha value is -0.0800. The Balaban J connectivity index is 2.48. The first-order chi connectivity index (χ1) is 5.65. The van der Waals surface area contributed by atoms with Crippen molar-refractivity contribution < 1.29 is 5.11 Å². The van der Waals surface area contributed by atoms with Crippen molar-refractivity contribution in [2.75, 3.05) is 13.6 Å². The maximum absolute atomic E-state index is 9.52. The third kappa shape index (κ3) is 2.20. The molecule has 1 rings (SSSR count). The molecule has 0 heterocycles. The summed E-state index contributed by atoms with van der Waals surface area (Å²) < 4.78 is 0. The minimum absolute atomic E-state index is 0.0554. The van der Waals surface area contributed by atoms with Gasteiger partial charge in [-0.25, -0.2) is 0 Å². The van der Waals surface area contributed by atoms with E-state index in [9.17, 15) is 5.11 Å². The molecule has 1 aliphatic carbocycles. The number of nitrogens with zero attached hydrogens (tertiary/aromatic N) is 1. The van der Waals surface area contributed by atoms with Crippen molar-refractivity contribution in [3.63, 3.8) is 0 Å². The standard InChI is InChI=1S/C10H21NO/c1-4-11(3)10-7-9(12)6-5-8(10)2/h8-10,12H,4-7H2,1-3H3. The van der Waals surface area contributed by atoms with Crippen LogP contribution < -0.4 is 0 Å². The average molecular weight is 171 g/mol. The third-order valence-electron chi connectivity index (χ3n) is 3.19. The van der Waals surface area contributed by atoms with Gasteiger partial charge >= 0.3 is 0 Å². The van der Waals surface area contributed by atoms with E-state index in [0.29, 0.717) is 6.04 Å². The molecule has 0 spiro atoms. The molecule has 0 radical (unpaired) electrons. The molecular formula is C10H21NO. The summed E-state index contributed by atoms with van der Waals surface area (Å²) in [5.41, 5.74) is 0. The lowest BCUT2D eigenvalue weighted by molar-refractivity contribution is 0.0455. The minimum Gasteiger partial charge on any atom is -0.393 e. The molecule has 1 N–H and O–H groups in total. The summed E-state index contributed by atoms with van der Waals surface area (Å²) in [6.07, 6.45) is 3.08. The normalized spacial score (nSPS) is 37.2. The molecule has 0 bridgehead atoms. The van der Waals surface area contributed by atoms with Gasteiger partial charge in [0, 0.05) is 6.04 Å². The van der Waals surface area contributed by atoms with Gasteiger partial charge in [0.2, 0.25) is 0 Å². The van der Waals surface area contributed by atoms with Crippen LogP contribution in [0.1, 0.15) is 33.1 Å². The monoisotopic (exact) mass is 171 g/mol. The van der Waals surface area contributed by atoms with Gasteiger partial charge in [-0.1, -0.05) is 13.8 Å². The number of hydrogen-bond acceptors (Lipinski definition) is 2. The van der Waals surface area contributed by atoms with Crippen molar-refractivity contribution in [1.29, 1.82) is 0 Å². The SMILES string of the molecule is CCN(C)C1CC(O)CCC1C. The predicted octanol–water partition coefficient (Wildman–Crippen LogP) is 1.49. The number of rotatable bonds is 2. The van der Waals surface area contributed by atoms with E-state index in [2.05, 4.69) is 25.8 Å². The van der Waals surface area contributed by atoms with Crippen LogP contribution in [0.2, 0.25) is 0 Å². The second kappa shape index (κ2) is 4.24. The molecule has 0 aliphatic heterocycles. The first kappa shape index (κ1) is 10.0. The van der Waals surface area contributed by atoms with Gasteiger partial charge in [0.05, 0.1) is 6.10 Å². The molecule has 0 amide bonds. The van der Waals surface area contributed by atoms with Crippen LogP contribution in [0.15, 0.2) is 0 Å². The fourth-order valence-corrected chi connectivity index (χ4v) is 2.13. The fourth-order valence-electron chi connectivity index (χ4n) is 2.13. The minimum atomic E-state index is -0.0554. The number of hydrogen-bond donors (Lipinski definition) is 1. The quantitative estimate of drug-likeness (QED) is 0.680. The van der Waals surface area contributed by atoms with Crippen LogP contribution >= 0.6 is 0 Å².